The molecule has 2 aliphatic heterocycles. The van der Waals surface area contributed by atoms with E-state index in [1.54, 1.807) is 6.20 Å². The molecule has 0 atom stereocenters. The Hall–Kier alpha value is -1.50. The van der Waals surface area contributed by atoms with Gasteiger partial charge in [0.25, 0.3) is 5.91 Å². The van der Waals surface area contributed by atoms with Gasteiger partial charge in [-0.3, -0.25) is 19.6 Å². The van der Waals surface area contributed by atoms with E-state index >= 15 is 0 Å². The molecule has 144 valence electrons. The van der Waals surface area contributed by atoms with E-state index in [2.05, 4.69) is 28.6 Å². The maximum absolute atomic E-state index is 12.7. The molecule has 2 fully saturated rings. The van der Waals surface area contributed by atoms with Gasteiger partial charge in [0, 0.05) is 56.7 Å². The summed E-state index contributed by atoms with van der Waals surface area (Å²) < 4.78 is 5.49. The fourth-order valence-electron chi connectivity index (χ4n) is 3.92. The molecule has 0 spiro atoms. The lowest BCUT2D eigenvalue weighted by Crippen LogP contribution is -2.55. The third-order valence-electron chi connectivity index (χ3n) is 5.51. The number of rotatable bonds is 4. The van der Waals surface area contributed by atoms with Gasteiger partial charge in [-0.1, -0.05) is 0 Å². The zero-order valence-electron chi connectivity index (χ0n) is 16.4. The molecule has 0 saturated carbocycles. The Morgan fingerprint density at radius 1 is 1.12 bits per heavy atom. The van der Waals surface area contributed by atoms with Gasteiger partial charge in [-0.2, -0.15) is 0 Å². The lowest BCUT2D eigenvalue weighted by atomic mass is 10.0. The quantitative estimate of drug-likeness (QED) is 0.817. The van der Waals surface area contributed by atoms with E-state index in [4.69, 9.17) is 4.74 Å². The topological polar surface area (TPSA) is 48.9 Å². The first kappa shape index (κ1) is 19.3. The number of aromatic nitrogens is 1. The second kappa shape index (κ2) is 8.46. The highest BCUT2D eigenvalue weighted by Gasteiger charge is 2.31. The van der Waals surface area contributed by atoms with E-state index < -0.39 is 0 Å². The predicted octanol–water partition coefficient (Wildman–Crippen LogP) is 1.65. The summed E-state index contributed by atoms with van der Waals surface area (Å²) in [6, 6.07) is 3.79. The van der Waals surface area contributed by atoms with Crippen LogP contribution in [0.1, 0.15) is 36.3 Å². The second-order valence-corrected chi connectivity index (χ2v) is 8.02. The van der Waals surface area contributed by atoms with E-state index in [-0.39, 0.29) is 11.4 Å². The van der Waals surface area contributed by atoms with Gasteiger partial charge >= 0.3 is 0 Å². The summed E-state index contributed by atoms with van der Waals surface area (Å²) in [6.45, 7) is 14.9. The number of carbonyl (C=O) groups is 1. The summed E-state index contributed by atoms with van der Waals surface area (Å²) in [5, 5.41) is 0. The van der Waals surface area contributed by atoms with E-state index in [1.807, 2.05) is 24.0 Å². The van der Waals surface area contributed by atoms with Crippen molar-refractivity contribution < 1.29 is 9.53 Å². The van der Waals surface area contributed by atoms with Crippen LogP contribution in [-0.2, 0) is 4.74 Å². The van der Waals surface area contributed by atoms with Gasteiger partial charge in [0.2, 0.25) is 0 Å². The smallest absolute Gasteiger partial charge is 0.255 e. The number of morpholine rings is 1. The zero-order chi connectivity index (χ0) is 18.6. The standard InChI is InChI=1S/C20H32N4O2/c1-17-5-6-18(15-21-17)19(25)23-8-4-7-22(9-10-23)16-20(2,3)24-11-13-26-14-12-24/h5-6,15H,4,7-14,16H2,1-3H3. The van der Waals surface area contributed by atoms with Crippen molar-refractivity contribution in [1.82, 2.24) is 19.7 Å². The van der Waals surface area contributed by atoms with Crippen molar-refractivity contribution in [2.45, 2.75) is 32.7 Å². The van der Waals surface area contributed by atoms with Gasteiger partial charge in [-0.25, -0.2) is 0 Å². The fourth-order valence-corrected chi connectivity index (χ4v) is 3.92. The summed E-state index contributed by atoms with van der Waals surface area (Å²) in [7, 11) is 0. The number of hydrogen-bond acceptors (Lipinski definition) is 5. The van der Waals surface area contributed by atoms with Crippen LogP contribution < -0.4 is 0 Å². The number of carbonyl (C=O) groups excluding carboxylic acids is 1. The van der Waals surface area contributed by atoms with E-state index in [0.717, 1.165) is 71.1 Å². The zero-order valence-corrected chi connectivity index (χ0v) is 16.4. The summed E-state index contributed by atoms with van der Waals surface area (Å²) in [6.07, 6.45) is 2.71. The van der Waals surface area contributed by atoms with E-state index in [1.165, 1.54) is 0 Å². The highest BCUT2D eigenvalue weighted by Crippen LogP contribution is 2.19. The van der Waals surface area contributed by atoms with Crippen LogP contribution in [0.5, 0.6) is 0 Å². The molecule has 2 aliphatic rings. The van der Waals surface area contributed by atoms with Crippen LogP contribution in [0.15, 0.2) is 18.3 Å². The van der Waals surface area contributed by atoms with Crippen molar-refractivity contribution in [1.29, 1.82) is 0 Å². The lowest BCUT2D eigenvalue weighted by Gasteiger charge is -2.43. The molecule has 0 aromatic carbocycles. The summed E-state index contributed by atoms with van der Waals surface area (Å²) in [5.41, 5.74) is 1.76. The summed E-state index contributed by atoms with van der Waals surface area (Å²) >= 11 is 0. The normalized spacial score (nSPS) is 20.8. The minimum Gasteiger partial charge on any atom is -0.379 e. The Balaban J connectivity index is 1.56. The second-order valence-electron chi connectivity index (χ2n) is 8.02. The van der Waals surface area contributed by atoms with Gasteiger partial charge in [0.15, 0.2) is 0 Å². The molecule has 1 amide bonds. The van der Waals surface area contributed by atoms with Crippen LogP contribution in [-0.4, -0.2) is 90.2 Å². The minimum atomic E-state index is 0.104. The monoisotopic (exact) mass is 360 g/mol. The van der Waals surface area contributed by atoms with Crippen molar-refractivity contribution in [2.75, 3.05) is 59.0 Å². The van der Waals surface area contributed by atoms with Crippen LogP contribution in [0, 0.1) is 6.92 Å². The highest BCUT2D eigenvalue weighted by atomic mass is 16.5. The molecule has 3 rings (SSSR count). The van der Waals surface area contributed by atoms with Crippen LogP contribution in [0.2, 0.25) is 0 Å². The van der Waals surface area contributed by atoms with Crippen LogP contribution in [0.4, 0.5) is 0 Å². The molecule has 3 heterocycles. The molecule has 0 N–H and O–H groups in total. The van der Waals surface area contributed by atoms with Crippen molar-refractivity contribution in [2.24, 2.45) is 0 Å². The molecular formula is C20H32N4O2. The van der Waals surface area contributed by atoms with Crippen molar-refractivity contribution in [3.63, 3.8) is 0 Å². The Bertz CT molecular complexity index is 596. The fraction of sp³-hybridized carbons (Fsp3) is 0.700. The maximum atomic E-state index is 12.7. The molecule has 0 aliphatic carbocycles. The third-order valence-corrected chi connectivity index (χ3v) is 5.51. The summed E-state index contributed by atoms with van der Waals surface area (Å²) in [5.74, 6) is 0.104. The molecule has 6 heteroatoms. The highest BCUT2D eigenvalue weighted by molar-refractivity contribution is 5.93. The number of amides is 1. The Kier molecular flexibility index (Phi) is 6.27. The first-order valence-electron chi connectivity index (χ1n) is 9.73. The van der Waals surface area contributed by atoms with E-state index in [9.17, 15) is 4.79 Å². The van der Waals surface area contributed by atoms with Gasteiger partial charge in [0.05, 0.1) is 18.8 Å². The van der Waals surface area contributed by atoms with Gasteiger partial charge in [-0.15, -0.1) is 0 Å². The number of ether oxygens (including phenoxy) is 1. The number of hydrogen-bond donors (Lipinski definition) is 0. The van der Waals surface area contributed by atoms with Crippen molar-refractivity contribution in [3.8, 4) is 0 Å². The molecule has 1 aromatic heterocycles. The molecule has 26 heavy (non-hydrogen) atoms. The van der Waals surface area contributed by atoms with E-state index in [0.29, 0.717) is 5.56 Å². The van der Waals surface area contributed by atoms with Gasteiger partial charge < -0.3 is 9.64 Å². The van der Waals surface area contributed by atoms with Gasteiger partial charge in [-0.05, 0) is 45.9 Å². The molecule has 0 radical (unpaired) electrons. The average molecular weight is 361 g/mol. The first-order valence-corrected chi connectivity index (χ1v) is 9.73. The van der Waals surface area contributed by atoms with Crippen molar-refractivity contribution in [3.05, 3.63) is 29.6 Å². The molecule has 0 unspecified atom stereocenters. The SMILES string of the molecule is Cc1ccc(C(=O)N2CCCN(CC(C)(C)N3CCOCC3)CC2)cn1. The van der Waals surface area contributed by atoms with Crippen LogP contribution >= 0.6 is 0 Å². The Morgan fingerprint density at radius 2 is 1.88 bits per heavy atom. The molecular weight excluding hydrogens is 328 g/mol. The van der Waals surface area contributed by atoms with Crippen molar-refractivity contribution >= 4 is 5.91 Å². The molecule has 0 bridgehead atoms. The predicted molar refractivity (Wildman–Crippen MR) is 102 cm³/mol. The minimum absolute atomic E-state index is 0.104. The molecule has 6 nitrogen and oxygen atoms in total. The maximum Gasteiger partial charge on any atom is 0.255 e. The first-order chi connectivity index (χ1) is 12.5. The Labute approximate surface area is 157 Å². The average Bonchev–Trinajstić information content (AvgIpc) is 2.88. The van der Waals surface area contributed by atoms with Crippen LogP contribution in [0.3, 0.4) is 0 Å². The summed E-state index contributed by atoms with van der Waals surface area (Å²) in [4.78, 5) is 24.0. The third kappa shape index (κ3) is 4.81. The number of nitrogens with zero attached hydrogens (tertiary/aromatic N) is 4. The lowest BCUT2D eigenvalue weighted by molar-refractivity contribution is -0.0212. The van der Waals surface area contributed by atoms with Gasteiger partial charge in [0.1, 0.15) is 0 Å². The number of aryl methyl sites for hydroxylation is 1. The van der Waals surface area contributed by atoms with Crippen LogP contribution in [0.25, 0.3) is 0 Å². The molecule has 2 saturated heterocycles. The molecule has 1 aromatic rings. The number of pyridine rings is 1. The largest absolute Gasteiger partial charge is 0.379 e. The Morgan fingerprint density at radius 3 is 2.58 bits per heavy atom.